The summed E-state index contributed by atoms with van der Waals surface area (Å²) in [6, 6.07) is 0. The Morgan fingerprint density at radius 3 is 2.46 bits per heavy atom. The Bertz CT molecular complexity index is 902. The minimum atomic E-state index is -0.369. The van der Waals surface area contributed by atoms with Gasteiger partial charge in [-0.3, -0.25) is 13.9 Å². The van der Waals surface area contributed by atoms with Crippen molar-refractivity contribution >= 4 is 11.2 Å². The molecule has 1 N–H and O–H groups in total. The Labute approximate surface area is 151 Å². The molecule has 0 radical (unpaired) electrons. The lowest BCUT2D eigenvalue weighted by molar-refractivity contribution is -0.929. The quantitative estimate of drug-likeness (QED) is 0.680. The largest absolute Gasteiger partial charge is 0.383 e. The SMILES string of the molecule is COCCn1c(C[NH+]2C[C@@H](C)O[C@@H](C)C2)nc2c1c(=O)n(C)c(=O)n2C. The van der Waals surface area contributed by atoms with Crippen molar-refractivity contribution in [1.29, 1.82) is 0 Å². The Balaban J connectivity index is 2.09. The number of aromatic nitrogens is 4. The zero-order valence-corrected chi connectivity index (χ0v) is 16.1. The van der Waals surface area contributed by atoms with Crippen LogP contribution < -0.4 is 16.1 Å². The maximum Gasteiger partial charge on any atom is 0.332 e. The van der Waals surface area contributed by atoms with Gasteiger partial charge in [0.25, 0.3) is 5.56 Å². The lowest BCUT2D eigenvalue weighted by Gasteiger charge is -2.32. The number of fused-ring (bicyclic) bond motifs is 1. The summed E-state index contributed by atoms with van der Waals surface area (Å²) in [6.45, 7) is 7.57. The third kappa shape index (κ3) is 3.34. The third-order valence-corrected chi connectivity index (χ3v) is 4.97. The van der Waals surface area contributed by atoms with Gasteiger partial charge in [0.1, 0.15) is 31.8 Å². The normalized spacial score (nSPS) is 23.7. The predicted octanol–water partition coefficient (Wildman–Crippen LogP) is -1.73. The first kappa shape index (κ1) is 18.8. The molecular formula is C17H28N5O4+. The van der Waals surface area contributed by atoms with Gasteiger partial charge < -0.3 is 18.9 Å². The number of nitrogens with zero attached hydrogens (tertiary/aromatic N) is 4. The van der Waals surface area contributed by atoms with Crippen molar-refractivity contribution in [2.75, 3.05) is 26.8 Å². The number of rotatable bonds is 5. The van der Waals surface area contributed by atoms with Crippen LogP contribution in [-0.2, 0) is 36.7 Å². The van der Waals surface area contributed by atoms with Crippen LogP contribution in [0.1, 0.15) is 19.7 Å². The summed E-state index contributed by atoms with van der Waals surface area (Å²) in [5.41, 5.74) is 0.191. The van der Waals surface area contributed by atoms with Gasteiger partial charge >= 0.3 is 5.69 Å². The first-order chi connectivity index (χ1) is 12.3. The first-order valence-corrected chi connectivity index (χ1v) is 8.96. The number of nitrogens with one attached hydrogen (secondary N) is 1. The smallest absolute Gasteiger partial charge is 0.332 e. The van der Waals surface area contributed by atoms with Gasteiger partial charge in [0.15, 0.2) is 17.0 Å². The lowest BCUT2D eigenvalue weighted by atomic mass is 10.2. The molecule has 0 amide bonds. The monoisotopic (exact) mass is 366 g/mol. The molecule has 3 atom stereocenters. The minimum absolute atomic E-state index is 0.183. The van der Waals surface area contributed by atoms with Crippen molar-refractivity contribution < 1.29 is 14.4 Å². The Kier molecular flexibility index (Phi) is 5.31. The fourth-order valence-corrected chi connectivity index (χ4v) is 3.81. The molecule has 0 bridgehead atoms. The van der Waals surface area contributed by atoms with Crippen LogP contribution in [-0.4, -0.2) is 57.7 Å². The highest BCUT2D eigenvalue weighted by Crippen LogP contribution is 2.11. The molecule has 0 spiro atoms. The molecule has 9 heteroatoms. The molecule has 1 unspecified atom stereocenters. The molecule has 1 aliphatic heterocycles. The Hall–Kier alpha value is -1.97. The number of quaternary nitrogens is 1. The molecule has 9 nitrogen and oxygen atoms in total. The molecule has 0 aliphatic carbocycles. The van der Waals surface area contributed by atoms with E-state index in [9.17, 15) is 9.59 Å². The van der Waals surface area contributed by atoms with E-state index < -0.39 is 0 Å². The van der Waals surface area contributed by atoms with E-state index in [1.807, 2.05) is 4.57 Å². The molecule has 3 heterocycles. The van der Waals surface area contributed by atoms with Crippen molar-refractivity contribution in [1.82, 2.24) is 18.7 Å². The van der Waals surface area contributed by atoms with E-state index in [1.165, 1.54) is 16.5 Å². The molecule has 3 rings (SSSR count). The number of hydrogen-bond acceptors (Lipinski definition) is 5. The van der Waals surface area contributed by atoms with E-state index in [1.54, 1.807) is 14.2 Å². The number of aryl methyl sites for hydroxylation is 1. The van der Waals surface area contributed by atoms with Crippen LogP contribution >= 0.6 is 0 Å². The van der Waals surface area contributed by atoms with Crippen LogP contribution in [0, 0.1) is 0 Å². The molecule has 26 heavy (non-hydrogen) atoms. The molecule has 2 aromatic heterocycles. The van der Waals surface area contributed by atoms with E-state index in [-0.39, 0.29) is 23.5 Å². The van der Waals surface area contributed by atoms with E-state index in [0.29, 0.717) is 30.9 Å². The summed E-state index contributed by atoms with van der Waals surface area (Å²) >= 11 is 0. The van der Waals surface area contributed by atoms with Gasteiger partial charge in [-0.05, 0) is 13.8 Å². The minimum Gasteiger partial charge on any atom is -0.383 e. The fraction of sp³-hybridized carbons (Fsp3) is 0.706. The molecule has 144 valence electrons. The Morgan fingerprint density at radius 1 is 1.19 bits per heavy atom. The molecule has 0 saturated carbocycles. The van der Waals surface area contributed by atoms with Crippen LogP contribution in [0.3, 0.4) is 0 Å². The standard InChI is InChI=1S/C17H27N5O4/c1-11-8-21(9-12(2)26-11)10-13-18-15-14(22(13)6-7-25-5)16(23)20(4)17(24)19(15)3/h11-12H,6-10H2,1-5H3/p+1/t11-,12+. The molecular weight excluding hydrogens is 338 g/mol. The zero-order chi connectivity index (χ0) is 19.0. The summed E-state index contributed by atoms with van der Waals surface area (Å²) < 4.78 is 15.5. The topological polar surface area (TPSA) is 84.7 Å². The van der Waals surface area contributed by atoms with E-state index >= 15 is 0 Å². The van der Waals surface area contributed by atoms with Crippen molar-refractivity contribution in [2.24, 2.45) is 14.1 Å². The molecule has 1 fully saturated rings. The van der Waals surface area contributed by atoms with E-state index in [0.717, 1.165) is 23.5 Å². The average Bonchev–Trinajstić information content (AvgIpc) is 2.93. The van der Waals surface area contributed by atoms with Gasteiger partial charge in [0, 0.05) is 27.7 Å². The number of methoxy groups -OCH3 is 1. The summed E-state index contributed by atoms with van der Waals surface area (Å²) in [5, 5.41) is 0. The summed E-state index contributed by atoms with van der Waals surface area (Å²) in [4.78, 5) is 31.0. The number of ether oxygens (including phenoxy) is 2. The van der Waals surface area contributed by atoms with E-state index in [2.05, 4.69) is 18.8 Å². The second-order valence-corrected chi connectivity index (χ2v) is 7.14. The van der Waals surface area contributed by atoms with Crippen LogP contribution in [0.25, 0.3) is 11.2 Å². The fourth-order valence-electron chi connectivity index (χ4n) is 3.81. The number of imidazole rings is 1. The second kappa shape index (κ2) is 7.34. The Morgan fingerprint density at radius 2 is 1.85 bits per heavy atom. The van der Waals surface area contributed by atoms with E-state index in [4.69, 9.17) is 9.47 Å². The maximum atomic E-state index is 12.7. The van der Waals surface area contributed by atoms with Crippen LogP contribution in [0.15, 0.2) is 9.59 Å². The lowest BCUT2D eigenvalue weighted by Crippen LogP contribution is -3.14. The van der Waals surface area contributed by atoms with Gasteiger partial charge in [-0.15, -0.1) is 0 Å². The maximum absolute atomic E-state index is 12.7. The highest BCUT2D eigenvalue weighted by atomic mass is 16.5. The zero-order valence-electron chi connectivity index (χ0n) is 16.1. The molecule has 2 aromatic rings. The van der Waals surface area contributed by atoms with Gasteiger partial charge in [0.05, 0.1) is 6.61 Å². The van der Waals surface area contributed by atoms with Crippen molar-refractivity contribution in [2.45, 2.75) is 39.1 Å². The third-order valence-electron chi connectivity index (χ3n) is 4.97. The number of hydrogen-bond donors (Lipinski definition) is 1. The van der Waals surface area contributed by atoms with Crippen LogP contribution in [0.5, 0.6) is 0 Å². The van der Waals surface area contributed by atoms with Gasteiger partial charge in [-0.2, -0.15) is 0 Å². The van der Waals surface area contributed by atoms with Gasteiger partial charge in [-0.1, -0.05) is 0 Å². The van der Waals surface area contributed by atoms with Crippen LogP contribution in [0.2, 0.25) is 0 Å². The average molecular weight is 366 g/mol. The second-order valence-electron chi connectivity index (χ2n) is 7.14. The van der Waals surface area contributed by atoms with Crippen molar-refractivity contribution in [3.05, 3.63) is 26.7 Å². The highest BCUT2D eigenvalue weighted by molar-refractivity contribution is 5.71. The van der Waals surface area contributed by atoms with Gasteiger partial charge in [-0.25, -0.2) is 9.78 Å². The number of morpholine rings is 1. The van der Waals surface area contributed by atoms with Crippen molar-refractivity contribution in [3.8, 4) is 0 Å². The molecule has 1 aliphatic rings. The molecule has 1 saturated heterocycles. The predicted molar refractivity (Wildman–Crippen MR) is 96.5 cm³/mol. The molecule has 0 aromatic carbocycles. The van der Waals surface area contributed by atoms with Crippen LogP contribution in [0.4, 0.5) is 0 Å². The highest BCUT2D eigenvalue weighted by Gasteiger charge is 2.28. The first-order valence-electron chi connectivity index (χ1n) is 8.96. The van der Waals surface area contributed by atoms with Gasteiger partial charge in [0.2, 0.25) is 0 Å². The summed E-state index contributed by atoms with van der Waals surface area (Å²) in [7, 11) is 4.77. The summed E-state index contributed by atoms with van der Waals surface area (Å²) in [6.07, 6.45) is 0.366. The van der Waals surface area contributed by atoms with Crippen molar-refractivity contribution in [3.63, 3.8) is 0 Å². The summed E-state index contributed by atoms with van der Waals surface area (Å²) in [5.74, 6) is 0.798.